The maximum atomic E-state index is 12.7. The highest BCUT2D eigenvalue weighted by molar-refractivity contribution is 7.85. The first kappa shape index (κ1) is 11.8. The fourth-order valence-corrected chi connectivity index (χ4v) is 1.66. The van der Waals surface area contributed by atoms with Gasteiger partial charge in [0, 0.05) is 11.6 Å². The Morgan fingerprint density at radius 3 is 2.27 bits per heavy atom. The minimum atomic E-state index is -4.81. The number of ether oxygens (including phenoxy) is 1. The predicted molar refractivity (Wildman–Crippen MR) is 46.6 cm³/mol. The second-order valence-corrected chi connectivity index (χ2v) is 4.13. The van der Waals surface area contributed by atoms with Gasteiger partial charge in [-0.25, -0.2) is 8.78 Å². The standard InChI is InChI=1S/C8H7F3O3S/c1-14-8-3-7(10)6(9)2-5(8)4-15(11,12)13/h2-3H,4H2,1H3. The van der Waals surface area contributed by atoms with Gasteiger partial charge in [0.25, 0.3) is 0 Å². The Hall–Kier alpha value is -1.24. The first-order chi connectivity index (χ1) is 6.83. The van der Waals surface area contributed by atoms with Gasteiger partial charge >= 0.3 is 10.2 Å². The molecule has 0 N–H and O–H groups in total. The van der Waals surface area contributed by atoms with E-state index in [1.54, 1.807) is 0 Å². The maximum Gasteiger partial charge on any atom is 0.306 e. The highest BCUT2D eigenvalue weighted by atomic mass is 32.3. The largest absolute Gasteiger partial charge is 0.496 e. The Balaban J connectivity index is 3.22. The lowest BCUT2D eigenvalue weighted by molar-refractivity contribution is 0.402. The smallest absolute Gasteiger partial charge is 0.306 e. The van der Waals surface area contributed by atoms with Crippen LogP contribution in [-0.4, -0.2) is 15.5 Å². The Kier molecular flexibility index (Phi) is 3.23. The summed E-state index contributed by atoms with van der Waals surface area (Å²) in [5.41, 5.74) is -0.265. The topological polar surface area (TPSA) is 43.4 Å². The van der Waals surface area contributed by atoms with Crippen LogP contribution in [0.1, 0.15) is 5.56 Å². The van der Waals surface area contributed by atoms with Crippen LogP contribution in [0, 0.1) is 11.6 Å². The zero-order valence-electron chi connectivity index (χ0n) is 7.63. The number of hydrogen-bond acceptors (Lipinski definition) is 3. The molecular formula is C8H7F3O3S. The molecule has 1 aromatic rings. The molecule has 0 unspecified atom stereocenters. The highest BCUT2D eigenvalue weighted by Gasteiger charge is 2.16. The fraction of sp³-hybridized carbons (Fsp3) is 0.250. The average molecular weight is 240 g/mol. The molecule has 3 nitrogen and oxygen atoms in total. The third-order valence-electron chi connectivity index (χ3n) is 1.65. The molecule has 0 aliphatic carbocycles. The Labute approximate surface area is 84.7 Å². The molecule has 0 spiro atoms. The van der Waals surface area contributed by atoms with Gasteiger partial charge in [0.15, 0.2) is 11.6 Å². The van der Waals surface area contributed by atoms with E-state index in [2.05, 4.69) is 4.74 Å². The van der Waals surface area contributed by atoms with Crippen LogP contribution in [0.3, 0.4) is 0 Å². The molecule has 0 atom stereocenters. The van der Waals surface area contributed by atoms with E-state index in [1.807, 2.05) is 0 Å². The molecule has 0 fully saturated rings. The van der Waals surface area contributed by atoms with Crippen LogP contribution in [0.15, 0.2) is 12.1 Å². The van der Waals surface area contributed by atoms with E-state index >= 15 is 0 Å². The SMILES string of the molecule is COc1cc(F)c(F)cc1CS(=O)(=O)F. The average Bonchev–Trinajstić information content (AvgIpc) is 2.08. The lowest BCUT2D eigenvalue weighted by Gasteiger charge is -2.06. The maximum absolute atomic E-state index is 12.7. The molecule has 0 saturated heterocycles. The summed E-state index contributed by atoms with van der Waals surface area (Å²) >= 11 is 0. The van der Waals surface area contributed by atoms with Crippen LogP contribution >= 0.6 is 0 Å². The van der Waals surface area contributed by atoms with E-state index in [9.17, 15) is 21.1 Å². The van der Waals surface area contributed by atoms with Crippen molar-refractivity contribution in [3.8, 4) is 5.75 Å². The molecule has 0 amide bonds. The number of halogens is 3. The van der Waals surface area contributed by atoms with Crippen LogP contribution in [0.25, 0.3) is 0 Å². The summed E-state index contributed by atoms with van der Waals surface area (Å²) in [7, 11) is -3.67. The molecule has 0 heterocycles. The second kappa shape index (κ2) is 4.09. The van der Waals surface area contributed by atoms with Gasteiger partial charge in [-0.05, 0) is 6.07 Å². The van der Waals surface area contributed by atoms with Crippen LogP contribution in [-0.2, 0) is 16.0 Å². The summed E-state index contributed by atoms with van der Waals surface area (Å²) in [6.07, 6.45) is 0. The fourth-order valence-electron chi connectivity index (χ4n) is 1.06. The summed E-state index contributed by atoms with van der Waals surface area (Å²) < 4.78 is 63.0. The zero-order chi connectivity index (χ0) is 11.6. The summed E-state index contributed by atoms with van der Waals surface area (Å²) in [4.78, 5) is 0. The molecule has 0 aromatic heterocycles. The van der Waals surface area contributed by atoms with Gasteiger partial charge in [0.1, 0.15) is 11.5 Å². The molecule has 1 rings (SSSR count). The zero-order valence-corrected chi connectivity index (χ0v) is 8.45. The number of benzene rings is 1. The van der Waals surface area contributed by atoms with Gasteiger partial charge in [-0.1, -0.05) is 0 Å². The van der Waals surface area contributed by atoms with Crippen molar-refractivity contribution < 1.29 is 25.8 Å². The minimum Gasteiger partial charge on any atom is -0.496 e. The second-order valence-electron chi connectivity index (χ2n) is 2.76. The van der Waals surface area contributed by atoms with Crippen LogP contribution in [0.2, 0.25) is 0 Å². The number of rotatable bonds is 3. The van der Waals surface area contributed by atoms with Crippen molar-refractivity contribution in [3.63, 3.8) is 0 Å². The van der Waals surface area contributed by atoms with Crippen LogP contribution in [0.4, 0.5) is 12.7 Å². The van der Waals surface area contributed by atoms with Gasteiger partial charge < -0.3 is 4.74 Å². The Bertz CT molecular complexity index is 470. The molecule has 0 radical (unpaired) electrons. The Morgan fingerprint density at radius 1 is 1.27 bits per heavy atom. The predicted octanol–water partition coefficient (Wildman–Crippen LogP) is 1.77. The first-order valence-electron chi connectivity index (χ1n) is 3.77. The van der Waals surface area contributed by atoms with Crippen LogP contribution in [0.5, 0.6) is 5.75 Å². The normalized spacial score (nSPS) is 11.5. The molecule has 15 heavy (non-hydrogen) atoms. The molecule has 0 saturated carbocycles. The van der Waals surface area contributed by atoms with Crippen molar-refractivity contribution >= 4 is 10.2 Å². The summed E-state index contributed by atoms with van der Waals surface area (Å²) in [6, 6.07) is 1.25. The van der Waals surface area contributed by atoms with E-state index in [4.69, 9.17) is 0 Å². The third-order valence-corrected chi connectivity index (χ3v) is 2.31. The summed E-state index contributed by atoms with van der Waals surface area (Å²) in [5.74, 6) is -3.70. The monoisotopic (exact) mass is 240 g/mol. The van der Waals surface area contributed by atoms with E-state index in [0.717, 1.165) is 7.11 Å². The lowest BCUT2D eigenvalue weighted by atomic mass is 10.2. The Morgan fingerprint density at radius 2 is 1.80 bits per heavy atom. The van der Waals surface area contributed by atoms with E-state index in [-0.39, 0.29) is 11.3 Å². The van der Waals surface area contributed by atoms with E-state index < -0.39 is 27.6 Å². The van der Waals surface area contributed by atoms with Gasteiger partial charge in [0.2, 0.25) is 0 Å². The van der Waals surface area contributed by atoms with Crippen LogP contribution < -0.4 is 4.74 Å². The van der Waals surface area contributed by atoms with Crippen molar-refractivity contribution in [1.29, 1.82) is 0 Å². The molecule has 1 aromatic carbocycles. The molecule has 0 aliphatic heterocycles. The van der Waals surface area contributed by atoms with Gasteiger partial charge in [-0.3, -0.25) is 0 Å². The first-order valence-corrected chi connectivity index (χ1v) is 5.33. The molecular weight excluding hydrogens is 233 g/mol. The van der Waals surface area contributed by atoms with Crippen molar-refractivity contribution in [3.05, 3.63) is 29.3 Å². The quantitative estimate of drug-likeness (QED) is 0.756. The highest BCUT2D eigenvalue weighted by Crippen LogP contribution is 2.24. The van der Waals surface area contributed by atoms with Gasteiger partial charge in [-0.15, -0.1) is 3.89 Å². The van der Waals surface area contributed by atoms with Crippen molar-refractivity contribution in [2.75, 3.05) is 7.11 Å². The van der Waals surface area contributed by atoms with E-state index in [1.165, 1.54) is 0 Å². The number of hydrogen-bond donors (Lipinski definition) is 0. The molecule has 84 valence electrons. The van der Waals surface area contributed by atoms with Crippen molar-refractivity contribution in [2.45, 2.75) is 5.75 Å². The molecule has 0 aliphatic rings. The molecule has 0 bridgehead atoms. The van der Waals surface area contributed by atoms with Crippen molar-refractivity contribution in [2.24, 2.45) is 0 Å². The minimum absolute atomic E-state index is 0.213. The van der Waals surface area contributed by atoms with E-state index in [0.29, 0.717) is 12.1 Å². The summed E-state index contributed by atoms with van der Waals surface area (Å²) in [6.45, 7) is 0. The van der Waals surface area contributed by atoms with Gasteiger partial charge in [0.05, 0.1) is 7.11 Å². The van der Waals surface area contributed by atoms with Crippen molar-refractivity contribution in [1.82, 2.24) is 0 Å². The number of methoxy groups -OCH3 is 1. The third kappa shape index (κ3) is 3.12. The van der Waals surface area contributed by atoms with Gasteiger partial charge in [-0.2, -0.15) is 8.42 Å². The lowest BCUT2D eigenvalue weighted by Crippen LogP contribution is -2.01. The molecule has 7 heteroatoms. The summed E-state index contributed by atoms with van der Waals surface area (Å²) in [5, 5.41) is 0.